The Kier molecular flexibility index (Phi) is 10.5. The van der Waals surface area contributed by atoms with Gasteiger partial charge >= 0.3 is 0 Å². The first-order valence-electron chi connectivity index (χ1n) is 12.8. The molecule has 0 aliphatic rings. The first-order chi connectivity index (χ1) is 17.3. The molecular formula is C32H37NP2. The normalized spacial score (nSPS) is 11.4. The molecule has 0 fully saturated rings. The van der Waals surface area contributed by atoms with Gasteiger partial charge in [0.2, 0.25) is 0 Å². The lowest BCUT2D eigenvalue weighted by atomic mass is 9.97. The van der Waals surface area contributed by atoms with Crippen molar-refractivity contribution in [3.63, 3.8) is 0 Å². The summed E-state index contributed by atoms with van der Waals surface area (Å²) in [7, 11) is -0.676. The Labute approximate surface area is 214 Å². The van der Waals surface area contributed by atoms with Gasteiger partial charge in [0.1, 0.15) is 0 Å². The zero-order valence-corrected chi connectivity index (χ0v) is 22.3. The summed E-state index contributed by atoms with van der Waals surface area (Å²) in [5, 5.41) is 5.95. The van der Waals surface area contributed by atoms with Crippen molar-refractivity contribution in [1.82, 2.24) is 0 Å². The Morgan fingerprint density at radius 2 is 0.771 bits per heavy atom. The Hall–Kier alpha value is -2.30. The molecule has 180 valence electrons. The fraction of sp³-hybridized carbons (Fsp3) is 0.250. The van der Waals surface area contributed by atoms with Crippen LogP contribution in [0.4, 0.5) is 0 Å². The molecule has 0 aromatic heterocycles. The van der Waals surface area contributed by atoms with Crippen LogP contribution in [0, 0.1) is 5.92 Å². The lowest BCUT2D eigenvalue weighted by molar-refractivity contribution is 0.449. The second-order valence-corrected chi connectivity index (χ2v) is 13.7. The summed E-state index contributed by atoms with van der Waals surface area (Å²) in [6, 6.07) is 44.5. The quantitative estimate of drug-likeness (QED) is 0.213. The zero-order valence-electron chi connectivity index (χ0n) is 20.5. The second kappa shape index (κ2) is 14.3. The molecule has 0 saturated carbocycles. The smallest absolute Gasteiger partial charge is 0.00772 e. The van der Waals surface area contributed by atoms with E-state index in [1.54, 1.807) is 0 Å². The maximum absolute atomic E-state index is 5.96. The summed E-state index contributed by atoms with van der Waals surface area (Å²) in [6.07, 6.45) is 7.37. The molecule has 0 atom stereocenters. The second-order valence-electron chi connectivity index (χ2n) is 9.02. The number of rotatable bonds is 13. The molecule has 0 aliphatic heterocycles. The summed E-state index contributed by atoms with van der Waals surface area (Å²) in [5.41, 5.74) is 5.96. The van der Waals surface area contributed by atoms with Crippen molar-refractivity contribution in [3.8, 4) is 0 Å². The van der Waals surface area contributed by atoms with Crippen LogP contribution in [0.2, 0.25) is 0 Å². The van der Waals surface area contributed by atoms with Crippen LogP contribution in [0.15, 0.2) is 121 Å². The Morgan fingerprint density at radius 1 is 0.457 bits per heavy atom. The molecule has 0 saturated heterocycles. The molecule has 4 aromatic carbocycles. The van der Waals surface area contributed by atoms with Gasteiger partial charge in [-0.25, -0.2) is 0 Å². The molecule has 4 aromatic rings. The van der Waals surface area contributed by atoms with Crippen LogP contribution in [0.3, 0.4) is 0 Å². The molecule has 0 spiro atoms. The maximum Gasteiger partial charge on any atom is -0.00772 e. The first-order valence-corrected chi connectivity index (χ1v) is 15.9. The van der Waals surface area contributed by atoms with Gasteiger partial charge in [0.15, 0.2) is 0 Å². The van der Waals surface area contributed by atoms with Crippen LogP contribution < -0.4 is 27.0 Å². The average molecular weight is 498 g/mol. The standard InChI is InChI=1S/C32H37NP2/c33-25-13-14-28(23-26-34(29-15-5-1-6-16-29)30-17-7-2-8-18-30)24-27-35(31-19-9-3-10-20-31)32-21-11-4-12-22-32/h1-12,15-22,28H,13-14,23-27,33H2. The molecule has 2 N–H and O–H groups in total. The summed E-state index contributed by atoms with van der Waals surface area (Å²) in [5.74, 6) is 0.716. The predicted octanol–water partition coefficient (Wildman–Crippen LogP) is 6.39. The van der Waals surface area contributed by atoms with Crippen molar-refractivity contribution in [2.75, 3.05) is 18.9 Å². The van der Waals surface area contributed by atoms with Gasteiger partial charge in [-0.2, -0.15) is 0 Å². The minimum absolute atomic E-state index is 0.338. The number of hydrogen-bond donors (Lipinski definition) is 1. The molecule has 0 amide bonds. The molecule has 0 heterocycles. The predicted molar refractivity (Wildman–Crippen MR) is 159 cm³/mol. The van der Waals surface area contributed by atoms with Crippen molar-refractivity contribution in [2.24, 2.45) is 11.7 Å². The molecule has 0 bridgehead atoms. The van der Waals surface area contributed by atoms with Gasteiger partial charge in [0.25, 0.3) is 0 Å². The third kappa shape index (κ3) is 7.85. The summed E-state index contributed by atoms with van der Waals surface area (Å²) in [6.45, 7) is 0.786. The Bertz CT molecular complexity index is 921. The van der Waals surface area contributed by atoms with Crippen LogP contribution >= 0.6 is 15.8 Å². The topological polar surface area (TPSA) is 26.0 Å². The van der Waals surface area contributed by atoms with E-state index in [4.69, 9.17) is 5.73 Å². The summed E-state index contributed by atoms with van der Waals surface area (Å²) >= 11 is 0. The molecular weight excluding hydrogens is 460 g/mol. The number of hydrogen-bond acceptors (Lipinski definition) is 1. The fourth-order valence-corrected chi connectivity index (χ4v) is 9.71. The van der Waals surface area contributed by atoms with Crippen molar-refractivity contribution in [2.45, 2.75) is 25.7 Å². The van der Waals surface area contributed by atoms with Gasteiger partial charge in [-0.1, -0.05) is 121 Å². The Morgan fingerprint density at radius 3 is 1.06 bits per heavy atom. The van der Waals surface area contributed by atoms with E-state index in [1.165, 1.54) is 52.8 Å². The van der Waals surface area contributed by atoms with Crippen LogP contribution in [0.1, 0.15) is 25.7 Å². The molecule has 1 nitrogen and oxygen atoms in total. The highest BCUT2D eigenvalue weighted by molar-refractivity contribution is 7.73. The van der Waals surface area contributed by atoms with Gasteiger partial charge < -0.3 is 5.73 Å². The highest BCUT2D eigenvalue weighted by atomic mass is 31.1. The van der Waals surface area contributed by atoms with E-state index < -0.39 is 0 Å². The zero-order chi connectivity index (χ0) is 24.1. The monoisotopic (exact) mass is 497 g/mol. The highest BCUT2D eigenvalue weighted by Gasteiger charge is 2.20. The summed E-state index contributed by atoms with van der Waals surface area (Å²) < 4.78 is 0. The van der Waals surface area contributed by atoms with Gasteiger partial charge in [-0.15, -0.1) is 0 Å². The third-order valence-electron chi connectivity index (χ3n) is 6.61. The van der Waals surface area contributed by atoms with Gasteiger partial charge in [-0.3, -0.25) is 0 Å². The first kappa shape index (κ1) is 25.8. The highest BCUT2D eigenvalue weighted by Crippen LogP contribution is 2.39. The summed E-state index contributed by atoms with van der Waals surface area (Å²) in [4.78, 5) is 0. The molecule has 4 rings (SSSR count). The van der Waals surface area contributed by atoms with Crippen molar-refractivity contribution < 1.29 is 0 Å². The molecule has 0 radical (unpaired) electrons. The van der Waals surface area contributed by atoms with Crippen LogP contribution in [-0.2, 0) is 0 Å². The van der Waals surface area contributed by atoms with Crippen molar-refractivity contribution in [3.05, 3.63) is 121 Å². The molecule has 3 heteroatoms. The van der Waals surface area contributed by atoms with Gasteiger partial charge in [0, 0.05) is 0 Å². The van der Waals surface area contributed by atoms with E-state index >= 15 is 0 Å². The third-order valence-corrected chi connectivity index (χ3v) is 11.7. The lowest BCUT2D eigenvalue weighted by Gasteiger charge is -2.25. The minimum atomic E-state index is -0.338. The van der Waals surface area contributed by atoms with Crippen LogP contribution in [0.25, 0.3) is 0 Å². The fourth-order valence-electron chi connectivity index (χ4n) is 4.71. The molecule has 35 heavy (non-hydrogen) atoms. The Balaban J connectivity index is 1.49. The SMILES string of the molecule is NCCCC(CCP(c1ccccc1)c1ccccc1)CCP(c1ccccc1)c1ccccc1. The van der Waals surface area contributed by atoms with E-state index in [0.29, 0.717) is 5.92 Å². The van der Waals surface area contributed by atoms with E-state index in [2.05, 4.69) is 121 Å². The van der Waals surface area contributed by atoms with E-state index in [1.807, 2.05) is 0 Å². The number of nitrogens with two attached hydrogens (primary N) is 1. The van der Waals surface area contributed by atoms with Gasteiger partial charge in [-0.05, 0) is 87.5 Å². The van der Waals surface area contributed by atoms with Crippen molar-refractivity contribution >= 4 is 37.1 Å². The maximum atomic E-state index is 5.96. The van der Waals surface area contributed by atoms with E-state index in [9.17, 15) is 0 Å². The van der Waals surface area contributed by atoms with Crippen LogP contribution in [0.5, 0.6) is 0 Å². The lowest BCUT2D eigenvalue weighted by Crippen LogP contribution is -2.18. The van der Waals surface area contributed by atoms with E-state index in [-0.39, 0.29) is 15.8 Å². The van der Waals surface area contributed by atoms with E-state index in [0.717, 1.165) is 13.0 Å². The van der Waals surface area contributed by atoms with Crippen molar-refractivity contribution in [1.29, 1.82) is 0 Å². The minimum Gasteiger partial charge on any atom is -0.330 e. The average Bonchev–Trinajstić information content (AvgIpc) is 2.94. The number of benzene rings is 4. The largest absolute Gasteiger partial charge is 0.330 e. The molecule has 0 aliphatic carbocycles. The van der Waals surface area contributed by atoms with Gasteiger partial charge in [0.05, 0.1) is 0 Å². The van der Waals surface area contributed by atoms with Crippen LogP contribution in [-0.4, -0.2) is 18.9 Å². The molecule has 0 unspecified atom stereocenters.